The van der Waals surface area contributed by atoms with Gasteiger partial charge in [0.25, 0.3) is 0 Å². The molecule has 8 heteroatoms. The molecule has 0 radical (unpaired) electrons. The average molecular weight is 406 g/mol. The van der Waals surface area contributed by atoms with E-state index in [1.165, 1.54) is 4.31 Å². The zero-order valence-electron chi connectivity index (χ0n) is 15.3. The van der Waals surface area contributed by atoms with Gasteiger partial charge in [0, 0.05) is 18.7 Å². The quantitative estimate of drug-likeness (QED) is 0.607. The minimum Gasteiger partial charge on any atom is -0.416 e. The zero-order chi connectivity index (χ0) is 19.6. The van der Waals surface area contributed by atoms with Crippen molar-refractivity contribution in [2.45, 2.75) is 25.7 Å². The van der Waals surface area contributed by atoms with Gasteiger partial charge < -0.3 is 4.42 Å². The molecule has 0 atom stereocenters. The maximum atomic E-state index is 12.8. The highest BCUT2D eigenvalue weighted by atomic mass is 35.5. The molecule has 0 amide bonds. The van der Waals surface area contributed by atoms with Crippen LogP contribution in [0.4, 0.5) is 0 Å². The lowest BCUT2D eigenvalue weighted by molar-refractivity contribution is 0.445. The minimum absolute atomic E-state index is 0.198. The number of aromatic nitrogens is 2. The van der Waals surface area contributed by atoms with E-state index in [1.807, 2.05) is 32.9 Å². The molecule has 6 nitrogen and oxygen atoms in total. The van der Waals surface area contributed by atoms with Crippen molar-refractivity contribution in [3.63, 3.8) is 0 Å². The number of benzene rings is 2. The molecule has 142 valence electrons. The highest BCUT2D eigenvalue weighted by Crippen LogP contribution is 2.31. The summed E-state index contributed by atoms with van der Waals surface area (Å²) in [6, 6.07) is 12.1. The van der Waals surface area contributed by atoms with Crippen molar-refractivity contribution in [3.8, 4) is 22.9 Å². The number of sulfonamides is 1. The Morgan fingerprint density at radius 2 is 1.63 bits per heavy atom. The van der Waals surface area contributed by atoms with Crippen molar-refractivity contribution in [2.75, 3.05) is 13.1 Å². The van der Waals surface area contributed by atoms with Gasteiger partial charge in [-0.15, -0.1) is 10.2 Å². The van der Waals surface area contributed by atoms with Gasteiger partial charge in [-0.3, -0.25) is 0 Å². The molecule has 0 spiro atoms. The summed E-state index contributed by atoms with van der Waals surface area (Å²) < 4.78 is 32.8. The van der Waals surface area contributed by atoms with Crippen molar-refractivity contribution >= 4 is 21.6 Å². The van der Waals surface area contributed by atoms with E-state index in [-0.39, 0.29) is 16.7 Å². The van der Waals surface area contributed by atoms with E-state index in [2.05, 4.69) is 10.2 Å². The van der Waals surface area contributed by atoms with Crippen LogP contribution < -0.4 is 0 Å². The predicted octanol–water partition coefficient (Wildman–Crippen LogP) is 4.40. The van der Waals surface area contributed by atoms with Crippen molar-refractivity contribution in [3.05, 3.63) is 53.1 Å². The molecule has 0 saturated heterocycles. The SMILES string of the molecule is CCN(CC)S(=O)(=O)c1ccc(C)c(-c2nnc(-c3ccccc3Cl)o2)c1. The van der Waals surface area contributed by atoms with Crippen LogP contribution in [0, 0.1) is 6.92 Å². The molecule has 0 saturated carbocycles. The third-order valence-corrected chi connectivity index (χ3v) is 6.69. The van der Waals surface area contributed by atoms with Gasteiger partial charge in [0.15, 0.2) is 0 Å². The zero-order valence-corrected chi connectivity index (χ0v) is 16.9. The summed E-state index contributed by atoms with van der Waals surface area (Å²) in [4.78, 5) is 0.198. The third kappa shape index (κ3) is 3.76. The summed E-state index contributed by atoms with van der Waals surface area (Å²) in [5, 5.41) is 8.65. The molecule has 1 heterocycles. The fraction of sp³-hybridized carbons (Fsp3) is 0.263. The van der Waals surface area contributed by atoms with Crippen molar-refractivity contribution in [1.82, 2.24) is 14.5 Å². The van der Waals surface area contributed by atoms with Crippen molar-refractivity contribution < 1.29 is 12.8 Å². The van der Waals surface area contributed by atoms with E-state index in [0.717, 1.165) is 5.56 Å². The van der Waals surface area contributed by atoms with Gasteiger partial charge in [-0.05, 0) is 36.8 Å². The number of nitrogens with zero attached hydrogens (tertiary/aromatic N) is 3. The van der Waals surface area contributed by atoms with E-state index in [9.17, 15) is 8.42 Å². The van der Waals surface area contributed by atoms with Crippen LogP contribution in [-0.4, -0.2) is 36.0 Å². The Bertz CT molecular complexity index is 1060. The van der Waals surface area contributed by atoms with E-state index >= 15 is 0 Å². The summed E-state index contributed by atoms with van der Waals surface area (Å²) in [6.45, 7) is 6.29. The monoisotopic (exact) mass is 405 g/mol. The number of halogens is 1. The van der Waals surface area contributed by atoms with E-state index in [1.54, 1.807) is 30.3 Å². The summed E-state index contributed by atoms with van der Waals surface area (Å²) in [7, 11) is -3.58. The number of aryl methyl sites for hydroxylation is 1. The molecule has 0 aliphatic heterocycles. The normalized spacial score (nSPS) is 11.9. The summed E-state index contributed by atoms with van der Waals surface area (Å²) in [5.74, 6) is 0.533. The lowest BCUT2D eigenvalue weighted by Gasteiger charge is -2.19. The van der Waals surface area contributed by atoms with Crippen LogP contribution >= 0.6 is 11.6 Å². The van der Waals surface area contributed by atoms with Gasteiger partial charge in [-0.1, -0.05) is 43.6 Å². The van der Waals surface area contributed by atoms with Gasteiger partial charge in [-0.25, -0.2) is 8.42 Å². The molecule has 0 aliphatic rings. The fourth-order valence-corrected chi connectivity index (χ4v) is 4.48. The van der Waals surface area contributed by atoms with Gasteiger partial charge in [0.2, 0.25) is 21.8 Å². The largest absolute Gasteiger partial charge is 0.416 e. The maximum Gasteiger partial charge on any atom is 0.249 e. The molecular weight excluding hydrogens is 386 g/mol. The van der Waals surface area contributed by atoms with Crippen LogP contribution in [0.15, 0.2) is 51.8 Å². The Morgan fingerprint density at radius 1 is 1.00 bits per heavy atom. The lowest BCUT2D eigenvalue weighted by atomic mass is 10.1. The van der Waals surface area contributed by atoms with Crippen molar-refractivity contribution in [1.29, 1.82) is 0 Å². The van der Waals surface area contributed by atoms with E-state index in [0.29, 0.717) is 29.2 Å². The molecule has 0 fully saturated rings. The van der Waals surface area contributed by atoms with Gasteiger partial charge in [-0.2, -0.15) is 4.31 Å². The Hall–Kier alpha value is -2.22. The van der Waals surface area contributed by atoms with Crippen LogP contribution in [0.25, 0.3) is 22.9 Å². The van der Waals surface area contributed by atoms with Crippen LogP contribution in [0.1, 0.15) is 19.4 Å². The number of hydrogen-bond donors (Lipinski definition) is 0. The first-order valence-electron chi connectivity index (χ1n) is 8.58. The highest BCUT2D eigenvalue weighted by Gasteiger charge is 2.23. The molecule has 3 rings (SSSR count). The first kappa shape index (κ1) is 19.5. The first-order chi connectivity index (χ1) is 12.9. The van der Waals surface area contributed by atoms with Crippen LogP contribution in [0.2, 0.25) is 5.02 Å². The Kier molecular flexibility index (Phi) is 5.64. The van der Waals surface area contributed by atoms with Crippen LogP contribution in [0.3, 0.4) is 0 Å². The summed E-state index contributed by atoms with van der Waals surface area (Å²) in [5.41, 5.74) is 2.04. The second-order valence-corrected chi connectivity index (χ2v) is 8.30. The Balaban J connectivity index is 2.05. The molecule has 0 aliphatic carbocycles. The minimum atomic E-state index is -3.58. The fourth-order valence-electron chi connectivity index (χ4n) is 2.78. The van der Waals surface area contributed by atoms with E-state index < -0.39 is 10.0 Å². The average Bonchev–Trinajstić information content (AvgIpc) is 3.12. The second-order valence-electron chi connectivity index (χ2n) is 5.96. The topological polar surface area (TPSA) is 76.3 Å². The molecule has 2 aromatic carbocycles. The molecule has 1 aromatic heterocycles. The highest BCUT2D eigenvalue weighted by molar-refractivity contribution is 7.89. The number of hydrogen-bond acceptors (Lipinski definition) is 5. The molecule has 0 unspecified atom stereocenters. The first-order valence-corrected chi connectivity index (χ1v) is 10.4. The molecule has 3 aromatic rings. The molecule has 0 N–H and O–H groups in total. The van der Waals surface area contributed by atoms with Gasteiger partial charge in [0.1, 0.15) is 0 Å². The lowest BCUT2D eigenvalue weighted by Crippen LogP contribution is -2.30. The molecular formula is C19H20ClN3O3S. The molecule has 27 heavy (non-hydrogen) atoms. The number of rotatable bonds is 6. The summed E-state index contributed by atoms with van der Waals surface area (Å²) >= 11 is 6.18. The smallest absolute Gasteiger partial charge is 0.249 e. The van der Waals surface area contributed by atoms with E-state index in [4.69, 9.17) is 16.0 Å². The standard InChI is InChI=1S/C19H20ClN3O3S/c1-4-23(5-2)27(24,25)14-11-10-13(3)16(12-14)19-22-21-18(26-19)15-8-6-7-9-17(15)20/h6-12H,4-5H2,1-3H3. The Morgan fingerprint density at radius 3 is 2.26 bits per heavy atom. The van der Waals surface area contributed by atoms with Crippen LogP contribution in [0.5, 0.6) is 0 Å². The second kappa shape index (κ2) is 7.80. The van der Waals surface area contributed by atoms with Gasteiger partial charge in [0.05, 0.1) is 15.5 Å². The van der Waals surface area contributed by atoms with Crippen LogP contribution in [-0.2, 0) is 10.0 Å². The Labute approximate surface area is 163 Å². The molecule has 0 bridgehead atoms. The predicted molar refractivity (Wildman–Crippen MR) is 105 cm³/mol. The third-order valence-electron chi connectivity index (χ3n) is 4.31. The van der Waals surface area contributed by atoms with Gasteiger partial charge >= 0.3 is 0 Å². The summed E-state index contributed by atoms with van der Waals surface area (Å²) in [6.07, 6.45) is 0. The van der Waals surface area contributed by atoms with Crippen molar-refractivity contribution in [2.24, 2.45) is 0 Å². The maximum absolute atomic E-state index is 12.8.